The molecular weight excluding hydrogens is 518 g/mol. The van der Waals surface area contributed by atoms with Gasteiger partial charge in [0.1, 0.15) is 10.7 Å². The van der Waals surface area contributed by atoms with Gasteiger partial charge >= 0.3 is 10.1 Å². The second-order valence-corrected chi connectivity index (χ2v) is 9.89. The molecule has 2 heterocycles. The largest absolute Gasteiger partial charge is 0.383 e. The third-order valence-corrected chi connectivity index (χ3v) is 7.05. The fraction of sp³-hybridized carbons (Fsp3) is 0.190. The van der Waals surface area contributed by atoms with Crippen LogP contribution in [0.2, 0.25) is 5.28 Å². The molecule has 0 atom stereocenters. The highest BCUT2D eigenvalue weighted by Crippen LogP contribution is 2.31. The van der Waals surface area contributed by atoms with Crippen molar-refractivity contribution in [2.24, 2.45) is 0 Å². The number of benzene rings is 2. The Bertz CT molecular complexity index is 1440. The summed E-state index contributed by atoms with van der Waals surface area (Å²) in [6.07, 6.45) is 2.13. The zero-order valence-corrected chi connectivity index (χ0v) is 20.4. The van der Waals surface area contributed by atoms with E-state index in [9.17, 15) is 8.42 Å². The number of fused-ring (bicyclic) bond motifs is 1. The predicted octanol–water partition coefficient (Wildman–Crippen LogP) is 4.51. The molecule has 32 heavy (non-hydrogen) atoms. The second kappa shape index (κ2) is 8.68. The standard InChI is InChI=1S/C21H19BrClN5O3S/c1-3-14-8-12(2)4-7-18(14)32(29,30)31-17-9-13(5-6-16(17)22)11-28-20-15(10-25-28)19(24)26-21(23)27-20/h4-10H,3,11H2,1-2H3,(H2,24,26,27). The van der Waals surface area contributed by atoms with Gasteiger partial charge in [-0.2, -0.15) is 18.5 Å². The van der Waals surface area contributed by atoms with Gasteiger partial charge in [0.15, 0.2) is 11.4 Å². The Morgan fingerprint density at radius 3 is 2.72 bits per heavy atom. The first-order valence-electron chi connectivity index (χ1n) is 9.65. The summed E-state index contributed by atoms with van der Waals surface area (Å²) in [6.45, 7) is 4.12. The van der Waals surface area contributed by atoms with Gasteiger partial charge in [-0.05, 0) is 70.2 Å². The Hall–Kier alpha value is -2.69. The summed E-state index contributed by atoms with van der Waals surface area (Å²) in [5, 5.41) is 4.90. The number of aromatic nitrogens is 4. The Labute approximate surface area is 198 Å². The summed E-state index contributed by atoms with van der Waals surface area (Å²) in [4.78, 5) is 8.27. The van der Waals surface area contributed by atoms with Gasteiger partial charge in [-0.25, -0.2) is 9.67 Å². The number of hydrogen-bond donors (Lipinski definition) is 1. The lowest BCUT2D eigenvalue weighted by Crippen LogP contribution is -2.13. The fourth-order valence-corrected chi connectivity index (χ4v) is 5.17. The van der Waals surface area contributed by atoms with Crippen LogP contribution >= 0.6 is 27.5 Å². The van der Waals surface area contributed by atoms with Crippen molar-refractivity contribution in [3.8, 4) is 5.75 Å². The summed E-state index contributed by atoms with van der Waals surface area (Å²) >= 11 is 9.30. The third-order valence-electron chi connectivity index (χ3n) is 4.89. The number of hydrogen-bond acceptors (Lipinski definition) is 7. The van der Waals surface area contributed by atoms with Crippen molar-refractivity contribution < 1.29 is 12.6 Å². The Kier molecular flexibility index (Phi) is 6.11. The van der Waals surface area contributed by atoms with E-state index < -0.39 is 10.1 Å². The van der Waals surface area contributed by atoms with Crippen molar-refractivity contribution in [3.05, 3.63) is 69.0 Å². The van der Waals surface area contributed by atoms with Gasteiger partial charge in [-0.1, -0.05) is 30.7 Å². The van der Waals surface area contributed by atoms with Crippen molar-refractivity contribution in [2.45, 2.75) is 31.7 Å². The van der Waals surface area contributed by atoms with Crippen LogP contribution in [0.4, 0.5) is 5.82 Å². The number of anilines is 1. The predicted molar refractivity (Wildman–Crippen MR) is 126 cm³/mol. The Balaban J connectivity index is 1.67. The minimum Gasteiger partial charge on any atom is -0.383 e. The van der Waals surface area contributed by atoms with Crippen LogP contribution in [0.3, 0.4) is 0 Å². The highest BCUT2D eigenvalue weighted by molar-refractivity contribution is 9.10. The van der Waals surface area contributed by atoms with E-state index >= 15 is 0 Å². The van der Waals surface area contributed by atoms with E-state index in [1.807, 2.05) is 26.0 Å². The highest BCUT2D eigenvalue weighted by atomic mass is 79.9. The molecule has 0 amide bonds. The first-order chi connectivity index (χ1) is 15.2. The molecule has 0 saturated carbocycles. The number of aryl methyl sites for hydroxylation is 2. The molecule has 0 saturated heterocycles. The molecule has 0 aliphatic carbocycles. The molecular formula is C21H19BrClN5O3S. The monoisotopic (exact) mass is 535 g/mol. The van der Waals surface area contributed by atoms with Crippen LogP contribution in [0.15, 0.2) is 52.0 Å². The van der Waals surface area contributed by atoms with Crippen LogP contribution in [0, 0.1) is 6.92 Å². The number of rotatable bonds is 6. The molecule has 0 spiro atoms. The Morgan fingerprint density at radius 1 is 1.19 bits per heavy atom. The Morgan fingerprint density at radius 2 is 1.97 bits per heavy atom. The van der Waals surface area contributed by atoms with Gasteiger partial charge in [-0.3, -0.25) is 0 Å². The summed E-state index contributed by atoms with van der Waals surface area (Å²) in [5.74, 6) is 0.413. The molecule has 0 fully saturated rings. The number of halogens is 2. The van der Waals surface area contributed by atoms with E-state index in [-0.39, 0.29) is 21.7 Å². The van der Waals surface area contributed by atoms with Crippen molar-refractivity contribution >= 4 is 54.5 Å². The fourth-order valence-electron chi connectivity index (χ4n) is 3.34. The van der Waals surface area contributed by atoms with Crippen molar-refractivity contribution in [1.29, 1.82) is 0 Å². The normalized spacial score (nSPS) is 11.8. The van der Waals surface area contributed by atoms with Gasteiger partial charge in [0, 0.05) is 0 Å². The molecule has 4 rings (SSSR count). The number of nitrogens with zero attached hydrogens (tertiary/aromatic N) is 4. The van der Waals surface area contributed by atoms with E-state index in [1.165, 1.54) is 0 Å². The van der Waals surface area contributed by atoms with E-state index in [0.717, 1.165) is 11.1 Å². The van der Waals surface area contributed by atoms with E-state index in [0.29, 0.717) is 34.0 Å². The van der Waals surface area contributed by atoms with Crippen molar-refractivity contribution in [1.82, 2.24) is 19.7 Å². The highest BCUT2D eigenvalue weighted by Gasteiger charge is 2.22. The summed E-state index contributed by atoms with van der Waals surface area (Å²) < 4.78 is 33.7. The molecule has 2 aromatic carbocycles. The summed E-state index contributed by atoms with van der Waals surface area (Å²) in [7, 11) is -4.03. The summed E-state index contributed by atoms with van der Waals surface area (Å²) in [6, 6.07) is 10.4. The maximum absolute atomic E-state index is 13.0. The molecule has 2 aromatic heterocycles. The third kappa shape index (κ3) is 4.43. The first-order valence-corrected chi connectivity index (χ1v) is 12.2. The van der Waals surface area contributed by atoms with Crippen molar-refractivity contribution in [2.75, 3.05) is 5.73 Å². The zero-order valence-electron chi connectivity index (χ0n) is 17.2. The first kappa shape index (κ1) is 22.5. The molecule has 0 radical (unpaired) electrons. The lowest BCUT2D eigenvalue weighted by Gasteiger charge is -2.13. The number of nitrogen functional groups attached to an aromatic ring is 1. The van der Waals surface area contributed by atoms with Gasteiger partial charge in [0.2, 0.25) is 5.28 Å². The SMILES string of the molecule is CCc1cc(C)ccc1S(=O)(=O)Oc1cc(Cn2ncc3c(N)nc(Cl)nc32)ccc1Br. The van der Waals surface area contributed by atoms with E-state index in [1.54, 1.807) is 35.1 Å². The minimum absolute atomic E-state index is 0.0208. The van der Waals surface area contributed by atoms with Gasteiger partial charge in [0.25, 0.3) is 0 Å². The summed E-state index contributed by atoms with van der Waals surface area (Å²) in [5.41, 5.74) is 8.80. The van der Waals surface area contributed by atoms with Crippen LogP contribution < -0.4 is 9.92 Å². The van der Waals surface area contributed by atoms with Crippen LogP contribution in [0.1, 0.15) is 23.6 Å². The molecule has 0 bridgehead atoms. The second-order valence-electron chi connectivity index (χ2n) is 7.18. The van der Waals surface area contributed by atoms with Crippen LogP contribution in [0.25, 0.3) is 11.0 Å². The van der Waals surface area contributed by atoms with Crippen LogP contribution in [-0.4, -0.2) is 28.2 Å². The topological polar surface area (TPSA) is 113 Å². The maximum Gasteiger partial charge on any atom is 0.339 e. The molecule has 8 nitrogen and oxygen atoms in total. The van der Waals surface area contributed by atoms with Gasteiger partial charge in [-0.15, -0.1) is 0 Å². The average Bonchev–Trinajstić information content (AvgIpc) is 3.12. The molecule has 0 unspecified atom stereocenters. The average molecular weight is 537 g/mol. The molecule has 4 aromatic rings. The number of nitrogens with two attached hydrogens (primary N) is 1. The lowest BCUT2D eigenvalue weighted by atomic mass is 10.1. The van der Waals surface area contributed by atoms with Crippen LogP contribution in [0.5, 0.6) is 5.75 Å². The lowest BCUT2D eigenvalue weighted by molar-refractivity contribution is 0.483. The maximum atomic E-state index is 13.0. The van der Waals surface area contributed by atoms with Gasteiger partial charge in [0.05, 0.1) is 22.6 Å². The molecule has 0 aliphatic rings. The van der Waals surface area contributed by atoms with E-state index in [2.05, 4.69) is 31.0 Å². The van der Waals surface area contributed by atoms with E-state index in [4.69, 9.17) is 21.5 Å². The molecule has 2 N–H and O–H groups in total. The van der Waals surface area contributed by atoms with Crippen LogP contribution in [-0.2, 0) is 23.1 Å². The molecule has 0 aliphatic heterocycles. The minimum atomic E-state index is -4.03. The molecule has 11 heteroatoms. The van der Waals surface area contributed by atoms with Gasteiger partial charge < -0.3 is 9.92 Å². The van der Waals surface area contributed by atoms with Crippen molar-refractivity contribution in [3.63, 3.8) is 0 Å². The zero-order chi connectivity index (χ0) is 23.0. The smallest absolute Gasteiger partial charge is 0.339 e. The molecule has 166 valence electrons. The quantitative estimate of drug-likeness (QED) is 0.285.